The number of hydrogen-bond donors (Lipinski definition) is 1. The highest BCUT2D eigenvalue weighted by Crippen LogP contribution is 2.32. The van der Waals surface area contributed by atoms with E-state index in [0.29, 0.717) is 11.3 Å². The normalized spacial score (nSPS) is 16.5. The summed E-state index contributed by atoms with van der Waals surface area (Å²) in [6.45, 7) is 2.01. The van der Waals surface area contributed by atoms with Gasteiger partial charge < -0.3 is 15.0 Å². The van der Waals surface area contributed by atoms with Crippen LogP contribution in [0.4, 0.5) is 5.69 Å². The number of para-hydroxylation sites is 2. The highest BCUT2D eigenvalue weighted by Gasteiger charge is 2.32. The topological polar surface area (TPSA) is 58.6 Å². The van der Waals surface area contributed by atoms with Crippen molar-refractivity contribution in [1.82, 2.24) is 5.32 Å². The molecule has 2 amide bonds. The summed E-state index contributed by atoms with van der Waals surface area (Å²) in [4.78, 5) is 26.2. The van der Waals surface area contributed by atoms with Crippen molar-refractivity contribution in [2.45, 2.75) is 13.0 Å². The number of ether oxygens (including phenoxy) is 1. The zero-order valence-electron chi connectivity index (χ0n) is 13.1. The minimum absolute atomic E-state index is 0.130. The van der Waals surface area contributed by atoms with E-state index in [1.807, 2.05) is 49.4 Å². The van der Waals surface area contributed by atoms with Gasteiger partial charge in [0, 0.05) is 12.6 Å². The fourth-order valence-electron chi connectivity index (χ4n) is 2.61. The molecule has 1 atom stereocenters. The number of hydrogen-bond acceptors (Lipinski definition) is 3. The van der Waals surface area contributed by atoms with Crippen LogP contribution in [-0.4, -0.2) is 31.5 Å². The van der Waals surface area contributed by atoms with Gasteiger partial charge in [0.1, 0.15) is 5.75 Å². The Labute approximate surface area is 134 Å². The monoisotopic (exact) mass is 310 g/mol. The highest BCUT2D eigenvalue weighted by molar-refractivity contribution is 6.00. The zero-order chi connectivity index (χ0) is 16.4. The first-order valence-corrected chi connectivity index (χ1v) is 7.45. The number of rotatable bonds is 3. The van der Waals surface area contributed by atoms with Crippen molar-refractivity contribution in [3.05, 3.63) is 59.7 Å². The Morgan fingerprint density at radius 1 is 1.17 bits per heavy atom. The molecular weight excluding hydrogens is 292 g/mol. The van der Waals surface area contributed by atoms with Crippen molar-refractivity contribution >= 4 is 17.5 Å². The number of nitrogens with zero attached hydrogens (tertiary/aromatic N) is 1. The predicted octanol–water partition coefficient (Wildman–Crippen LogP) is 2.15. The van der Waals surface area contributed by atoms with Crippen LogP contribution in [0.2, 0.25) is 0 Å². The lowest BCUT2D eigenvalue weighted by atomic mass is 10.1. The van der Waals surface area contributed by atoms with Gasteiger partial charge in [-0.2, -0.15) is 0 Å². The molecule has 0 fully saturated rings. The minimum atomic E-state index is -0.720. The summed E-state index contributed by atoms with van der Waals surface area (Å²) in [7, 11) is 1.71. The Morgan fingerprint density at radius 2 is 1.87 bits per heavy atom. The van der Waals surface area contributed by atoms with E-state index in [1.54, 1.807) is 18.0 Å². The van der Waals surface area contributed by atoms with E-state index in [0.717, 1.165) is 11.3 Å². The number of carbonyl (C=O) groups is 2. The number of aryl methyl sites for hydroxylation is 1. The molecule has 1 unspecified atom stereocenters. The fraction of sp³-hybridized carbons (Fsp3) is 0.222. The van der Waals surface area contributed by atoms with E-state index in [2.05, 4.69) is 5.32 Å². The smallest absolute Gasteiger partial charge is 0.269 e. The lowest BCUT2D eigenvalue weighted by Crippen LogP contribution is -2.49. The van der Waals surface area contributed by atoms with E-state index in [-0.39, 0.29) is 18.4 Å². The van der Waals surface area contributed by atoms with E-state index < -0.39 is 6.10 Å². The molecule has 5 nitrogen and oxygen atoms in total. The molecule has 0 saturated carbocycles. The molecule has 0 radical (unpaired) electrons. The summed E-state index contributed by atoms with van der Waals surface area (Å²) in [5.74, 6) is 0.263. The second-order valence-corrected chi connectivity index (χ2v) is 5.50. The molecule has 1 aliphatic rings. The maximum absolute atomic E-state index is 12.4. The summed E-state index contributed by atoms with van der Waals surface area (Å²) in [6.07, 6.45) is -0.720. The van der Waals surface area contributed by atoms with Crippen LogP contribution in [0.25, 0.3) is 0 Å². The van der Waals surface area contributed by atoms with Gasteiger partial charge in [0.2, 0.25) is 0 Å². The maximum Gasteiger partial charge on any atom is 0.269 e. The fourth-order valence-corrected chi connectivity index (χ4v) is 2.61. The molecule has 3 rings (SSSR count). The molecule has 2 aromatic rings. The van der Waals surface area contributed by atoms with Gasteiger partial charge in [-0.3, -0.25) is 9.59 Å². The molecule has 5 heteroatoms. The van der Waals surface area contributed by atoms with E-state index in [1.165, 1.54) is 0 Å². The first-order chi connectivity index (χ1) is 11.1. The number of fused-ring (bicyclic) bond motifs is 1. The van der Waals surface area contributed by atoms with Gasteiger partial charge in [-0.1, -0.05) is 30.3 Å². The van der Waals surface area contributed by atoms with E-state index in [4.69, 9.17) is 4.74 Å². The van der Waals surface area contributed by atoms with Crippen LogP contribution in [0.1, 0.15) is 15.9 Å². The molecule has 0 spiro atoms. The summed E-state index contributed by atoms with van der Waals surface area (Å²) in [6, 6.07) is 14.7. The van der Waals surface area contributed by atoms with Crippen molar-refractivity contribution in [2.75, 3.05) is 18.5 Å². The van der Waals surface area contributed by atoms with Crippen molar-refractivity contribution < 1.29 is 14.3 Å². The van der Waals surface area contributed by atoms with Crippen LogP contribution in [0.3, 0.4) is 0 Å². The van der Waals surface area contributed by atoms with Crippen LogP contribution >= 0.6 is 0 Å². The van der Waals surface area contributed by atoms with Crippen LogP contribution in [0.15, 0.2) is 48.5 Å². The number of carbonyl (C=O) groups excluding carboxylic acids is 2. The van der Waals surface area contributed by atoms with Crippen LogP contribution in [0, 0.1) is 6.92 Å². The van der Waals surface area contributed by atoms with Crippen molar-refractivity contribution in [1.29, 1.82) is 0 Å². The van der Waals surface area contributed by atoms with Gasteiger partial charge in [-0.15, -0.1) is 0 Å². The van der Waals surface area contributed by atoms with Gasteiger partial charge in [-0.25, -0.2) is 0 Å². The Morgan fingerprint density at radius 3 is 2.65 bits per heavy atom. The first kappa shape index (κ1) is 15.1. The van der Waals surface area contributed by atoms with Gasteiger partial charge >= 0.3 is 0 Å². The number of anilines is 1. The standard InChI is InChI=1S/C18H18N2O3/c1-12-7-3-4-8-13(12)17(21)19-11-16-18(22)20(2)14-9-5-6-10-15(14)23-16/h3-10,16H,11H2,1-2H3,(H,19,21). The minimum Gasteiger partial charge on any atom is -0.477 e. The largest absolute Gasteiger partial charge is 0.477 e. The van der Waals surface area contributed by atoms with Gasteiger partial charge in [0.05, 0.1) is 12.2 Å². The zero-order valence-corrected chi connectivity index (χ0v) is 13.1. The quantitative estimate of drug-likeness (QED) is 0.945. The van der Waals surface area contributed by atoms with Crippen LogP contribution < -0.4 is 15.0 Å². The maximum atomic E-state index is 12.4. The molecule has 23 heavy (non-hydrogen) atoms. The Balaban J connectivity index is 1.71. The van der Waals surface area contributed by atoms with E-state index >= 15 is 0 Å². The van der Waals surface area contributed by atoms with Crippen molar-refractivity contribution in [3.63, 3.8) is 0 Å². The summed E-state index contributed by atoms with van der Waals surface area (Å²) in [5.41, 5.74) is 2.23. The van der Waals surface area contributed by atoms with Crippen LogP contribution in [0.5, 0.6) is 5.75 Å². The summed E-state index contributed by atoms with van der Waals surface area (Å²) >= 11 is 0. The second-order valence-electron chi connectivity index (χ2n) is 5.50. The Kier molecular flexibility index (Phi) is 4.02. The molecule has 0 aliphatic carbocycles. The molecular formula is C18H18N2O3. The summed E-state index contributed by atoms with van der Waals surface area (Å²) < 4.78 is 5.73. The average molecular weight is 310 g/mol. The molecule has 1 heterocycles. The lowest BCUT2D eigenvalue weighted by Gasteiger charge is -2.31. The number of nitrogens with one attached hydrogen (secondary N) is 1. The molecule has 0 aromatic heterocycles. The SMILES string of the molecule is Cc1ccccc1C(=O)NCC1Oc2ccccc2N(C)C1=O. The lowest BCUT2D eigenvalue weighted by molar-refractivity contribution is -0.125. The van der Waals surface area contributed by atoms with E-state index in [9.17, 15) is 9.59 Å². The van der Waals surface area contributed by atoms with Gasteiger partial charge in [0.25, 0.3) is 11.8 Å². The number of likely N-dealkylation sites (N-methyl/N-ethyl adjacent to an activating group) is 1. The molecule has 0 bridgehead atoms. The first-order valence-electron chi connectivity index (χ1n) is 7.45. The number of benzene rings is 2. The molecule has 1 N–H and O–H groups in total. The Hall–Kier alpha value is -2.82. The van der Waals surface area contributed by atoms with Crippen molar-refractivity contribution in [3.8, 4) is 5.75 Å². The Bertz CT molecular complexity index is 757. The molecule has 0 saturated heterocycles. The molecule has 2 aromatic carbocycles. The third kappa shape index (κ3) is 2.90. The summed E-state index contributed by atoms with van der Waals surface area (Å²) in [5, 5.41) is 2.78. The molecule has 1 aliphatic heterocycles. The van der Waals surface area contributed by atoms with Gasteiger partial charge in [0.15, 0.2) is 6.10 Å². The third-order valence-electron chi connectivity index (χ3n) is 3.94. The van der Waals surface area contributed by atoms with Crippen LogP contribution in [-0.2, 0) is 4.79 Å². The average Bonchev–Trinajstić information content (AvgIpc) is 2.57. The molecule has 118 valence electrons. The predicted molar refractivity (Wildman–Crippen MR) is 87.8 cm³/mol. The third-order valence-corrected chi connectivity index (χ3v) is 3.94. The second kappa shape index (κ2) is 6.12. The number of amides is 2. The van der Waals surface area contributed by atoms with Crippen molar-refractivity contribution in [2.24, 2.45) is 0 Å². The van der Waals surface area contributed by atoms with Gasteiger partial charge in [-0.05, 0) is 30.7 Å². The highest BCUT2D eigenvalue weighted by atomic mass is 16.5.